The minimum atomic E-state index is -1.04. The van der Waals surface area contributed by atoms with Gasteiger partial charge in [-0.1, -0.05) is 61.2 Å². The van der Waals surface area contributed by atoms with Crippen LogP contribution in [0.15, 0.2) is 79.4 Å². The number of halogens is 3. The Balaban J connectivity index is 1.51. The van der Waals surface area contributed by atoms with Gasteiger partial charge >= 0.3 is 0 Å². The Morgan fingerprint density at radius 1 is 0.941 bits per heavy atom. The van der Waals surface area contributed by atoms with E-state index in [0.717, 1.165) is 18.4 Å². The first-order valence-electron chi connectivity index (χ1n) is 11.4. The molecule has 0 bridgehead atoms. The van der Waals surface area contributed by atoms with Crippen molar-refractivity contribution in [1.29, 1.82) is 0 Å². The summed E-state index contributed by atoms with van der Waals surface area (Å²) < 4.78 is 54.9. The van der Waals surface area contributed by atoms with Crippen molar-refractivity contribution in [2.45, 2.75) is 25.9 Å². The number of allylic oxidation sites excluding steroid dienone is 1. The maximum absolute atomic E-state index is 14.9. The number of hydrogen-bond acceptors (Lipinski definition) is 2. The van der Waals surface area contributed by atoms with E-state index >= 15 is 0 Å². The highest BCUT2D eigenvalue weighted by atomic mass is 19.2. The van der Waals surface area contributed by atoms with Crippen molar-refractivity contribution >= 4 is 0 Å². The Hall–Kier alpha value is -3.31. The molecule has 3 aromatic carbocycles. The Morgan fingerprint density at radius 3 is 2.32 bits per heavy atom. The second-order valence-electron chi connectivity index (χ2n) is 8.34. The number of ether oxygens (including phenoxy) is 2. The third kappa shape index (κ3) is 5.10. The van der Waals surface area contributed by atoms with E-state index in [1.165, 1.54) is 24.3 Å². The van der Waals surface area contributed by atoms with Gasteiger partial charge in [0.05, 0.1) is 12.7 Å². The van der Waals surface area contributed by atoms with Crippen LogP contribution in [0.25, 0.3) is 22.3 Å². The van der Waals surface area contributed by atoms with Gasteiger partial charge < -0.3 is 9.47 Å². The summed E-state index contributed by atoms with van der Waals surface area (Å²) in [5.74, 6) is -2.10. The quantitative estimate of drug-likeness (QED) is 0.329. The van der Waals surface area contributed by atoms with Gasteiger partial charge in [0.25, 0.3) is 0 Å². The summed E-state index contributed by atoms with van der Waals surface area (Å²) in [6.07, 6.45) is 7.12. The van der Waals surface area contributed by atoms with Crippen molar-refractivity contribution in [1.82, 2.24) is 0 Å². The molecule has 0 amide bonds. The molecule has 0 saturated carbocycles. The average molecular weight is 465 g/mol. The van der Waals surface area contributed by atoms with Gasteiger partial charge in [-0.15, -0.1) is 0 Å². The molecule has 5 heteroatoms. The highest BCUT2D eigenvalue weighted by Gasteiger charge is 2.24. The summed E-state index contributed by atoms with van der Waals surface area (Å²) in [5.41, 5.74) is 2.69. The molecule has 0 radical (unpaired) electrons. The molecule has 1 aliphatic rings. The van der Waals surface area contributed by atoms with Crippen molar-refractivity contribution < 1.29 is 22.6 Å². The van der Waals surface area contributed by atoms with Crippen LogP contribution in [0.4, 0.5) is 13.2 Å². The van der Waals surface area contributed by atoms with Gasteiger partial charge in [-0.05, 0) is 54.7 Å². The van der Waals surface area contributed by atoms with Crippen molar-refractivity contribution in [3.8, 4) is 28.0 Å². The second-order valence-corrected chi connectivity index (χ2v) is 8.34. The largest absolute Gasteiger partial charge is 0.486 e. The summed E-state index contributed by atoms with van der Waals surface area (Å²) in [6.45, 7) is 6.16. The zero-order valence-corrected chi connectivity index (χ0v) is 19.1. The maximum atomic E-state index is 14.9. The van der Waals surface area contributed by atoms with Gasteiger partial charge in [-0.2, -0.15) is 4.39 Å². The molecular weight excluding hydrogens is 437 g/mol. The first-order valence-corrected chi connectivity index (χ1v) is 11.4. The summed E-state index contributed by atoms with van der Waals surface area (Å²) in [4.78, 5) is 0. The molecule has 1 heterocycles. The van der Waals surface area contributed by atoms with E-state index in [2.05, 4.69) is 12.7 Å². The Morgan fingerprint density at radius 2 is 1.68 bits per heavy atom. The topological polar surface area (TPSA) is 18.5 Å². The van der Waals surface area contributed by atoms with Crippen LogP contribution in [0, 0.1) is 23.4 Å². The molecule has 1 saturated heterocycles. The molecule has 3 aromatic rings. The molecule has 2 atom stereocenters. The highest BCUT2D eigenvalue weighted by molar-refractivity contribution is 5.71. The summed E-state index contributed by atoms with van der Waals surface area (Å²) in [7, 11) is 0. The first-order chi connectivity index (χ1) is 16.5. The molecule has 34 heavy (non-hydrogen) atoms. The third-order valence-corrected chi connectivity index (χ3v) is 6.06. The summed E-state index contributed by atoms with van der Waals surface area (Å²) in [5, 5.41) is 0. The van der Waals surface area contributed by atoms with E-state index in [4.69, 9.17) is 9.47 Å². The van der Waals surface area contributed by atoms with Crippen LogP contribution in [-0.2, 0) is 4.74 Å². The van der Waals surface area contributed by atoms with Crippen LogP contribution in [0.1, 0.15) is 31.4 Å². The van der Waals surface area contributed by atoms with Crippen LogP contribution in [0.5, 0.6) is 5.75 Å². The van der Waals surface area contributed by atoms with Crippen LogP contribution in [0.3, 0.4) is 0 Å². The number of hydrogen-bond donors (Lipinski definition) is 0. The van der Waals surface area contributed by atoms with Crippen LogP contribution < -0.4 is 4.74 Å². The predicted molar refractivity (Wildman–Crippen MR) is 129 cm³/mol. The van der Waals surface area contributed by atoms with Crippen molar-refractivity contribution in [2.75, 3.05) is 13.2 Å². The lowest BCUT2D eigenvalue weighted by atomic mass is 9.93. The van der Waals surface area contributed by atoms with E-state index in [0.29, 0.717) is 29.2 Å². The SMILES string of the molecule is C=CCOc1ccc(-c2ccc(-c3ccc(C4CCC(/C=C/C)CO4)c(F)c3)cc2)c(F)c1F. The smallest absolute Gasteiger partial charge is 0.201 e. The van der Waals surface area contributed by atoms with Gasteiger partial charge in [0.15, 0.2) is 11.6 Å². The van der Waals surface area contributed by atoms with E-state index in [1.807, 2.05) is 19.1 Å². The number of rotatable bonds is 7. The molecule has 0 aliphatic carbocycles. The Kier molecular flexibility index (Phi) is 7.53. The summed E-state index contributed by atoms with van der Waals surface area (Å²) in [6, 6.07) is 14.9. The van der Waals surface area contributed by atoms with Crippen molar-refractivity contribution in [3.63, 3.8) is 0 Å². The first kappa shape index (κ1) is 23.8. The van der Waals surface area contributed by atoms with E-state index < -0.39 is 11.6 Å². The standard InChI is InChI=1S/C29H27F3O2/c1-3-5-19-6-14-26(34-18-19)24-12-11-22(17-25(24)30)20-7-9-21(10-8-20)23-13-15-27(33-16-4-2)29(32)28(23)31/h3-5,7-13,15,17,19,26H,2,6,14,16,18H2,1H3/b5-3+. The average Bonchev–Trinajstić information content (AvgIpc) is 2.86. The van der Waals surface area contributed by atoms with Gasteiger partial charge in [0.1, 0.15) is 12.4 Å². The molecule has 0 aromatic heterocycles. The molecule has 4 rings (SSSR count). The lowest BCUT2D eigenvalue weighted by Gasteiger charge is -2.28. The van der Waals surface area contributed by atoms with Gasteiger partial charge in [-0.25, -0.2) is 8.78 Å². The Labute approximate surface area is 198 Å². The molecular formula is C29H27F3O2. The lowest BCUT2D eigenvalue weighted by Crippen LogP contribution is -2.20. The van der Waals surface area contributed by atoms with Crippen LogP contribution in [-0.4, -0.2) is 13.2 Å². The second kappa shape index (κ2) is 10.7. The van der Waals surface area contributed by atoms with E-state index in [1.54, 1.807) is 30.3 Å². The molecule has 1 aliphatic heterocycles. The zero-order chi connectivity index (χ0) is 24.1. The molecule has 0 N–H and O–H groups in total. The molecule has 2 nitrogen and oxygen atoms in total. The highest BCUT2D eigenvalue weighted by Crippen LogP contribution is 2.35. The molecule has 176 valence electrons. The van der Waals surface area contributed by atoms with Crippen molar-refractivity contribution in [3.05, 3.63) is 102 Å². The van der Waals surface area contributed by atoms with E-state index in [9.17, 15) is 13.2 Å². The fourth-order valence-electron chi connectivity index (χ4n) is 4.27. The van der Waals surface area contributed by atoms with Crippen LogP contribution in [0.2, 0.25) is 0 Å². The molecule has 0 spiro atoms. The van der Waals surface area contributed by atoms with Gasteiger partial charge in [0, 0.05) is 17.0 Å². The van der Waals surface area contributed by atoms with E-state index in [-0.39, 0.29) is 29.8 Å². The van der Waals surface area contributed by atoms with Gasteiger partial charge in [-0.3, -0.25) is 0 Å². The fourth-order valence-corrected chi connectivity index (χ4v) is 4.27. The van der Waals surface area contributed by atoms with Gasteiger partial charge in [0.2, 0.25) is 5.82 Å². The third-order valence-electron chi connectivity index (χ3n) is 6.06. The van der Waals surface area contributed by atoms with Crippen LogP contribution >= 0.6 is 0 Å². The normalized spacial score (nSPS) is 18.2. The van der Waals surface area contributed by atoms with Crippen molar-refractivity contribution in [2.24, 2.45) is 5.92 Å². The Bertz CT molecular complexity index is 1180. The molecule has 2 unspecified atom stereocenters. The zero-order valence-electron chi connectivity index (χ0n) is 19.1. The minimum Gasteiger partial charge on any atom is -0.486 e. The predicted octanol–water partition coefficient (Wildman–Crippen LogP) is 8.05. The monoisotopic (exact) mass is 464 g/mol. The maximum Gasteiger partial charge on any atom is 0.201 e. The number of benzene rings is 3. The lowest BCUT2D eigenvalue weighted by molar-refractivity contribution is -0.00711. The summed E-state index contributed by atoms with van der Waals surface area (Å²) >= 11 is 0. The minimum absolute atomic E-state index is 0.0867. The molecule has 1 fully saturated rings. The fraction of sp³-hybridized carbons (Fsp3) is 0.241.